The molecule has 14 nitrogen and oxygen atoms in total. The van der Waals surface area contributed by atoms with Crippen molar-refractivity contribution in [2.75, 3.05) is 13.2 Å². The Hall–Kier alpha value is -3.19. The molecule has 1 saturated heterocycles. The molecule has 1 N–H and O–H groups in total. The minimum Gasteiger partial charge on any atom is -0.463 e. The lowest BCUT2D eigenvalue weighted by molar-refractivity contribution is -0.309. The number of esters is 4. The molecule has 0 unspecified atom stereocenters. The Labute approximate surface area is 272 Å². The molecule has 0 aliphatic carbocycles. The highest BCUT2D eigenvalue weighted by atomic mass is 16.7. The molecule has 0 radical (unpaired) electrons. The average molecular weight is 656 g/mol. The van der Waals surface area contributed by atoms with E-state index in [1.807, 2.05) is 6.08 Å². The van der Waals surface area contributed by atoms with Crippen molar-refractivity contribution in [2.45, 2.75) is 155 Å². The van der Waals surface area contributed by atoms with Crippen molar-refractivity contribution in [1.29, 1.82) is 0 Å². The Kier molecular flexibility index (Phi) is 21.3. The summed E-state index contributed by atoms with van der Waals surface area (Å²) >= 11 is 0. The molecular weight excluding hydrogens is 602 g/mol. The highest BCUT2D eigenvalue weighted by Gasteiger charge is 2.53. The molecule has 0 aromatic heterocycles. The fourth-order valence-electron chi connectivity index (χ4n) is 5.07. The van der Waals surface area contributed by atoms with Gasteiger partial charge in [-0.3, -0.25) is 19.2 Å². The van der Waals surface area contributed by atoms with Gasteiger partial charge in [0, 0.05) is 32.6 Å². The van der Waals surface area contributed by atoms with Crippen molar-refractivity contribution in [3.63, 3.8) is 0 Å². The van der Waals surface area contributed by atoms with Crippen LogP contribution in [0.25, 0.3) is 10.4 Å². The molecule has 14 heteroatoms. The number of ether oxygens (including phenoxy) is 6. The van der Waals surface area contributed by atoms with Crippen molar-refractivity contribution in [3.8, 4) is 0 Å². The van der Waals surface area contributed by atoms with Crippen LogP contribution in [0.2, 0.25) is 0 Å². The zero-order chi connectivity index (χ0) is 34.3. The van der Waals surface area contributed by atoms with E-state index in [9.17, 15) is 24.3 Å². The first-order chi connectivity index (χ1) is 22.0. The second-order valence-corrected chi connectivity index (χ2v) is 11.4. The van der Waals surface area contributed by atoms with Crippen LogP contribution in [0.15, 0.2) is 17.3 Å². The third-order valence-corrected chi connectivity index (χ3v) is 7.28. The van der Waals surface area contributed by atoms with E-state index in [0.29, 0.717) is 0 Å². The van der Waals surface area contributed by atoms with Gasteiger partial charge in [-0.1, -0.05) is 88.4 Å². The number of allylic oxidation sites excluding steroid dienone is 1. The number of carbonyl (C=O) groups excluding carboxylic acids is 4. The molecule has 0 saturated carbocycles. The Bertz CT molecular complexity index is 1000. The van der Waals surface area contributed by atoms with Crippen LogP contribution >= 0.6 is 0 Å². The van der Waals surface area contributed by atoms with E-state index in [4.69, 9.17) is 34.0 Å². The SMILES string of the molecule is CCCCCCCCCCCCC/C=C/[C@@H](O)[C@H](CO[C@@H]1O[C@H](COC(C)=O)[C@H](OC(C)=O)[C@H](OC(C)=O)[C@H]1OC(C)=O)N=[N+]=[N-]. The lowest BCUT2D eigenvalue weighted by Gasteiger charge is -2.44. The molecule has 1 aliphatic rings. The van der Waals surface area contributed by atoms with Gasteiger partial charge in [0.05, 0.1) is 18.8 Å². The van der Waals surface area contributed by atoms with Crippen LogP contribution in [-0.4, -0.2) is 85.0 Å². The summed E-state index contributed by atoms with van der Waals surface area (Å²) in [5.74, 6) is -2.97. The summed E-state index contributed by atoms with van der Waals surface area (Å²) in [6.07, 6.45) is 9.62. The van der Waals surface area contributed by atoms with E-state index in [1.54, 1.807) is 0 Å². The Morgan fingerprint density at radius 1 is 0.804 bits per heavy atom. The molecule has 46 heavy (non-hydrogen) atoms. The standard InChI is InChI=1S/C32H53N3O11/c1-6-7-8-9-10-11-12-13-14-15-16-17-18-19-27(40)26(34-35-33)20-42-32-31(45-25(5)39)30(44-24(4)38)29(43-23(3)37)28(46-32)21-41-22(2)36/h18-19,26-32,40H,6-17,20-21H2,1-5H3/b19-18+/t26-,27+,28+,29-,30-,31+,32+/m0/s1. The lowest BCUT2D eigenvalue weighted by atomic mass is 9.98. The number of unbranched alkanes of at least 4 members (excludes halogenated alkanes) is 11. The number of hydrogen-bond donors (Lipinski definition) is 1. The van der Waals surface area contributed by atoms with Gasteiger partial charge in [-0.2, -0.15) is 0 Å². The summed E-state index contributed by atoms with van der Waals surface area (Å²) in [6, 6.07) is -1.09. The van der Waals surface area contributed by atoms with Gasteiger partial charge in [0.2, 0.25) is 0 Å². The highest BCUT2D eigenvalue weighted by Crippen LogP contribution is 2.30. The van der Waals surface area contributed by atoms with E-state index in [2.05, 4.69) is 16.9 Å². The zero-order valence-corrected chi connectivity index (χ0v) is 28.0. The molecule has 1 rings (SSSR count). The number of hydrogen-bond acceptors (Lipinski definition) is 12. The molecular formula is C32H53N3O11. The quantitative estimate of drug-likeness (QED) is 0.0282. The monoisotopic (exact) mass is 655 g/mol. The number of aliphatic hydroxyl groups excluding tert-OH is 1. The fraction of sp³-hybridized carbons (Fsp3) is 0.812. The van der Waals surface area contributed by atoms with Crippen molar-refractivity contribution in [1.82, 2.24) is 0 Å². The molecule has 0 bridgehead atoms. The van der Waals surface area contributed by atoms with E-state index in [-0.39, 0.29) is 6.61 Å². The first kappa shape index (κ1) is 40.8. The Balaban J connectivity index is 2.83. The maximum Gasteiger partial charge on any atom is 0.303 e. The molecule has 7 atom stereocenters. The van der Waals surface area contributed by atoms with Crippen LogP contribution in [0.5, 0.6) is 0 Å². The van der Waals surface area contributed by atoms with Gasteiger partial charge in [-0.15, -0.1) is 0 Å². The summed E-state index contributed by atoms with van der Waals surface area (Å²) in [4.78, 5) is 50.2. The van der Waals surface area contributed by atoms with Crippen LogP contribution < -0.4 is 0 Å². The van der Waals surface area contributed by atoms with Crippen LogP contribution in [-0.2, 0) is 47.6 Å². The predicted octanol–water partition coefficient (Wildman–Crippen LogP) is 5.38. The molecule has 0 aromatic rings. The summed E-state index contributed by atoms with van der Waals surface area (Å²) in [7, 11) is 0. The summed E-state index contributed by atoms with van der Waals surface area (Å²) in [5.41, 5.74) is 9.11. The number of nitrogens with zero attached hydrogens (tertiary/aromatic N) is 3. The first-order valence-corrected chi connectivity index (χ1v) is 16.3. The minimum absolute atomic E-state index is 0.387. The van der Waals surface area contributed by atoms with Gasteiger partial charge in [0.15, 0.2) is 24.6 Å². The van der Waals surface area contributed by atoms with Crippen LogP contribution in [0.3, 0.4) is 0 Å². The molecule has 0 spiro atoms. The van der Waals surface area contributed by atoms with E-state index in [0.717, 1.165) is 46.5 Å². The molecule has 1 aliphatic heterocycles. The molecule has 262 valence electrons. The zero-order valence-electron chi connectivity index (χ0n) is 28.0. The van der Waals surface area contributed by atoms with Gasteiger partial charge < -0.3 is 33.5 Å². The summed E-state index contributed by atoms with van der Waals surface area (Å²) in [6.45, 7) is 5.93. The second-order valence-electron chi connectivity index (χ2n) is 11.4. The molecule has 1 fully saturated rings. The fourth-order valence-corrected chi connectivity index (χ4v) is 5.07. The Morgan fingerprint density at radius 2 is 1.33 bits per heavy atom. The van der Waals surface area contributed by atoms with Gasteiger partial charge >= 0.3 is 23.9 Å². The molecule has 0 aromatic carbocycles. The first-order valence-electron chi connectivity index (χ1n) is 16.3. The topological polar surface area (TPSA) is 193 Å². The van der Waals surface area contributed by atoms with Gasteiger partial charge in [-0.25, -0.2) is 0 Å². The largest absolute Gasteiger partial charge is 0.463 e. The molecule has 1 heterocycles. The third-order valence-electron chi connectivity index (χ3n) is 7.28. The van der Waals surface area contributed by atoms with Crippen molar-refractivity contribution >= 4 is 23.9 Å². The number of aliphatic hydroxyl groups is 1. The summed E-state index contributed by atoms with van der Waals surface area (Å²) < 4.78 is 32.8. The normalized spacial score (nSPS) is 22.3. The summed E-state index contributed by atoms with van der Waals surface area (Å²) in [5, 5.41) is 14.4. The van der Waals surface area contributed by atoms with Crippen molar-refractivity contribution in [3.05, 3.63) is 22.6 Å². The van der Waals surface area contributed by atoms with Gasteiger partial charge in [0.25, 0.3) is 0 Å². The second kappa shape index (κ2) is 24.0. The number of azide groups is 1. The third kappa shape index (κ3) is 17.5. The smallest absolute Gasteiger partial charge is 0.303 e. The highest BCUT2D eigenvalue weighted by molar-refractivity contribution is 5.68. The van der Waals surface area contributed by atoms with Crippen LogP contribution in [0.1, 0.15) is 112 Å². The predicted molar refractivity (Wildman–Crippen MR) is 167 cm³/mol. The van der Waals surface area contributed by atoms with Crippen LogP contribution in [0.4, 0.5) is 0 Å². The van der Waals surface area contributed by atoms with E-state index >= 15 is 0 Å². The van der Waals surface area contributed by atoms with E-state index < -0.39 is 73.3 Å². The maximum atomic E-state index is 12.0. The number of rotatable bonds is 23. The minimum atomic E-state index is -1.45. The maximum absolute atomic E-state index is 12.0. The van der Waals surface area contributed by atoms with Crippen molar-refractivity contribution < 1.29 is 52.7 Å². The van der Waals surface area contributed by atoms with E-state index in [1.165, 1.54) is 64.4 Å². The molecule has 0 amide bonds. The number of carbonyl (C=O) groups is 4. The average Bonchev–Trinajstić information content (AvgIpc) is 2.98. The van der Waals surface area contributed by atoms with Crippen LogP contribution in [0, 0.1) is 0 Å². The van der Waals surface area contributed by atoms with Gasteiger partial charge in [-0.05, 0) is 18.4 Å². The van der Waals surface area contributed by atoms with Crippen molar-refractivity contribution in [2.24, 2.45) is 5.11 Å². The van der Waals surface area contributed by atoms with Gasteiger partial charge in [0.1, 0.15) is 12.7 Å². The Morgan fingerprint density at radius 3 is 1.85 bits per heavy atom. The lowest BCUT2D eigenvalue weighted by Crippen LogP contribution is -2.63.